The highest BCUT2D eigenvalue weighted by Crippen LogP contribution is 2.19. The van der Waals surface area contributed by atoms with Gasteiger partial charge in [-0.15, -0.1) is 0 Å². The highest BCUT2D eigenvalue weighted by atomic mass is 35.5. The molecule has 1 aliphatic heterocycles. The van der Waals surface area contributed by atoms with Crippen LogP contribution in [-0.2, 0) is 0 Å². The summed E-state index contributed by atoms with van der Waals surface area (Å²) < 4.78 is 0. The normalized spacial score (nSPS) is 14.2. The van der Waals surface area contributed by atoms with E-state index in [0.717, 1.165) is 31.6 Å². The van der Waals surface area contributed by atoms with Gasteiger partial charge in [0.25, 0.3) is 5.91 Å². The van der Waals surface area contributed by atoms with Gasteiger partial charge in [0, 0.05) is 29.9 Å². The zero-order chi connectivity index (χ0) is 15.5. The Balaban J connectivity index is 1.82. The summed E-state index contributed by atoms with van der Waals surface area (Å²) in [5.41, 5.74) is 1.30. The number of likely N-dealkylation sites (tertiary alicyclic amines) is 1. The van der Waals surface area contributed by atoms with Gasteiger partial charge in [-0.1, -0.05) is 11.6 Å². The third kappa shape index (κ3) is 3.36. The quantitative estimate of drug-likeness (QED) is 0.942. The number of benzene rings is 1. The molecule has 1 fully saturated rings. The van der Waals surface area contributed by atoms with Crippen molar-refractivity contribution in [1.82, 2.24) is 14.9 Å². The van der Waals surface area contributed by atoms with Gasteiger partial charge in [-0.3, -0.25) is 4.79 Å². The summed E-state index contributed by atoms with van der Waals surface area (Å²) >= 11 is 5.88. The van der Waals surface area contributed by atoms with E-state index < -0.39 is 0 Å². The average Bonchev–Trinajstić information content (AvgIpc) is 3.02. The van der Waals surface area contributed by atoms with Gasteiger partial charge in [0.2, 0.25) is 0 Å². The van der Waals surface area contributed by atoms with Gasteiger partial charge in [-0.2, -0.15) is 0 Å². The van der Waals surface area contributed by atoms with Crippen LogP contribution in [0.4, 0.5) is 11.5 Å². The van der Waals surface area contributed by atoms with E-state index in [2.05, 4.69) is 15.3 Å². The van der Waals surface area contributed by atoms with Crippen LogP contribution in [0.5, 0.6) is 0 Å². The van der Waals surface area contributed by atoms with E-state index in [1.54, 1.807) is 25.1 Å². The molecule has 0 unspecified atom stereocenters. The summed E-state index contributed by atoms with van der Waals surface area (Å²) in [6, 6.07) is 9.02. The average molecular weight is 317 g/mol. The van der Waals surface area contributed by atoms with E-state index in [1.807, 2.05) is 17.0 Å². The number of hydrogen-bond acceptors (Lipinski definition) is 4. The minimum Gasteiger partial charge on any atom is -0.340 e. The molecule has 1 aromatic heterocycles. The van der Waals surface area contributed by atoms with Crippen molar-refractivity contribution in [3.8, 4) is 0 Å². The minimum absolute atomic E-state index is 0.0258. The molecule has 0 saturated carbocycles. The molecule has 114 valence electrons. The maximum Gasteiger partial charge on any atom is 0.272 e. The number of anilines is 2. The molecule has 0 spiro atoms. The van der Waals surface area contributed by atoms with E-state index >= 15 is 0 Å². The summed E-state index contributed by atoms with van der Waals surface area (Å²) in [6.07, 6.45) is 2.12. The van der Waals surface area contributed by atoms with Gasteiger partial charge in [0.15, 0.2) is 0 Å². The zero-order valence-electron chi connectivity index (χ0n) is 12.3. The number of aromatic nitrogens is 2. The zero-order valence-corrected chi connectivity index (χ0v) is 13.1. The van der Waals surface area contributed by atoms with Crippen molar-refractivity contribution in [2.75, 3.05) is 18.4 Å². The van der Waals surface area contributed by atoms with Crippen LogP contribution >= 0.6 is 11.6 Å². The van der Waals surface area contributed by atoms with Crippen molar-refractivity contribution >= 4 is 29.0 Å². The van der Waals surface area contributed by atoms with Crippen LogP contribution in [0.1, 0.15) is 29.2 Å². The number of rotatable bonds is 3. The molecule has 0 radical (unpaired) electrons. The van der Waals surface area contributed by atoms with Gasteiger partial charge in [-0.25, -0.2) is 9.97 Å². The van der Waals surface area contributed by atoms with Gasteiger partial charge < -0.3 is 10.2 Å². The highest BCUT2D eigenvalue weighted by molar-refractivity contribution is 6.30. The monoisotopic (exact) mass is 316 g/mol. The summed E-state index contributed by atoms with van der Waals surface area (Å²) in [5, 5.41) is 3.85. The van der Waals surface area contributed by atoms with E-state index in [1.165, 1.54) is 0 Å². The number of nitrogens with zero attached hydrogens (tertiary/aromatic N) is 3. The molecule has 0 atom stereocenters. The Hall–Kier alpha value is -2.14. The predicted molar refractivity (Wildman–Crippen MR) is 86.6 cm³/mol. The number of aryl methyl sites for hydroxylation is 1. The molecule has 3 rings (SSSR count). The molecule has 2 heterocycles. The Labute approximate surface area is 134 Å². The lowest BCUT2D eigenvalue weighted by Gasteiger charge is -2.15. The highest BCUT2D eigenvalue weighted by Gasteiger charge is 2.21. The predicted octanol–water partition coefficient (Wildman–Crippen LogP) is 3.42. The fourth-order valence-corrected chi connectivity index (χ4v) is 2.63. The lowest BCUT2D eigenvalue weighted by atomic mass is 10.3. The Morgan fingerprint density at radius 2 is 1.86 bits per heavy atom. The number of hydrogen-bond donors (Lipinski definition) is 1. The number of nitrogens with one attached hydrogen (secondary N) is 1. The summed E-state index contributed by atoms with van der Waals surface area (Å²) in [5.74, 6) is 1.15. The topological polar surface area (TPSA) is 58.1 Å². The first-order valence-corrected chi connectivity index (χ1v) is 7.67. The molecule has 22 heavy (non-hydrogen) atoms. The first-order valence-electron chi connectivity index (χ1n) is 7.29. The molecule has 0 aliphatic carbocycles. The third-order valence-corrected chi connectivity index (χ3v) is 3.82. The molecule has 1 N–H and O–H groups in total. The molecule has 2 aromatic rings. The number of carbonyl (C=O) groups excluding carboxylic acids is 1. The first-order chi connectivity index (χ1) is 10.6. The van der Waals surface area contributed by atoms with Gasteiger partial charge >= 0.3 is 0 Å². The molecule has 1 amide bonds. The largest absolute Gasteiger partial charge is 0.340 e. The van der Waals surface area contributed by atoms with Gasteiger partial charge in [0.05, 0.1) is 0 Å². The SMILES string of the molecule is Cc1nc(Nc2ccc(Cl)cc2)cc(C(=O)N2CCCC2)n1. The maximum absolute atomic E-state index is 12.4. The second-order valence-electron chi connectivity index (χ2n) is 5.32. The number of carbonyl (C=O) groups is 1. The van der Waals surface area contributed by atoms with Gasteiger partial charge in [-0.05, 0) is 44.0 Å². The molecule has 0 bridgehead atoms. The lowest BCUT2D eigenvalue weighted by molar-refractivity contribution is 0.0786. The molecule has 6 heteroatoms. The van der Waals surface area contributed by atoms with Crippen molar-refractivity contribution in [3.63, 3.8) is 0 Å². The smallest absolute Gasteiger partial charge is 0.272 e. The molecule has 1 aromatic carbocycles. The maximum atomic E-state index is 12.4. The summed E-state index contributed by atoms with van der Waals surface area (Å²) in [4.78, 5) is 22.9. The van der Waals surface area contributed by atoms with Crippen LogP contribution in [0, 0.1) is 6.92 Å². The number of halogens is 1. The Bertz CT molecular complexity index is 681. The number of amides is 1. The van der Waals surface area contributed by atoms with E-state index in [0.29, 0.717) is 22.4 Å². The van der Waals surface area contributed by atoms with E-state index in [4.69, 9.17) is 11.6 Å². The van der Waals surface area contributed by atoms with E-state index in [9.17, 15) is 4.79 Å². The fraction of sp³-hybridized carbons (Fsp3) is 0.312. The van der Waals surface area contributed by atoms with Crippen molar-refractivity contribution < 1.29 is 4.79 Å². The van der Waals surface area contributed by atoms with Crippen molar-refractivity contribution in [2.45, 2.75) is 19.8 Å². The van der Waals surface area contributed by atoms with E-state index in [-0.39, 0.29) is 5.91 Å². The summed E-state index contributed by atoms with van der Waals surface area (Å²) in [6.45, 7) is 3.40. The molecular formula is C16H17ClN4O. The Morgan fingerprint density at radius 1 is 1.18 bits per heavy atom. The summed E-state index contributed by atoms with van der Waals surface area (Å²) in [7, 11) is 0. The molecule has 1 saturated heterocycles. The van der Waals surface area contributed by atoms with Crippen molar-refractivity contribution in [1.29, 1.82) is 0 Å². The molecule has 1 aliphatic rings. The van der Waals surface area contributed by atoms with Crippen LogP contribution in [0.3, 0.4) is 0 Å². The molecule has 5 nitrogen and oxygen atoms in total. The fourth-order valence-electron chi connectivity index (χ4n) is 2.50. The lowest BCUT2D eigenvalue weighted by Crippen LogP contribution is -2.28. The van der Waals surface area contributed by atoms with Crippen LogP contribution in [0.15, 0.2) is 30.3 Å². The molecular weight excluding hydrogens is 300 g/mol. The van der Waals surface area contributed by atoms with Crippen molar-refractivity contribution in [2.24, 2.45) is 0 Å². The van der Waals surface area contributed by atoms with Crippen molar-refractivity contribution in [3.05, 3.63) is 46.9 Å². The third-order valence-electron chi connectivity index (χ3n) is 3.57. The van der Waals surface area contributed by atoms with Crippen LogP contribution in [0.2, 0.25) is 5.02 Å². The minimum atomic E-state index is -0.0258. The second-order valence-corrected chi connectivity index (χ2v) is 5.75. The van der Waals surface area contributed by atoms with Crippen LogP contribution < -0.4 is 5.32 Å². The van der Waals surface area contributed by atoms with Crippen LogP contribution in [0.25, 0.3) is 0 Å². The first kappa shape index (κ1) is 14.8. The second kappa shape index (κ2) is 6.32. The van der Waals surface area contributed by atoms with Gasteiger partial charge in [0.1, 0.15) is 17.3 Å². The Kier molecular flexibility index (Phi) is 4.24. The standard InChI is InChI=1S/C16H17ClN4O/c1-11-18-14(16(22)21-8-2-3-9-21)10-15(19-11)20-13-6-4-12(17)5-7-13/h4-7,10H,2-3,8-9H2,1H3,(H,18,19,20). The van der Waals surface area contributed by atoms with Crippen LogP contribution in [-0.4, -0.2) is 33.9 Å². The Morgan fingerprint density at radius 3 is 2.55 bits per heavy atom.